The van der Waals surface area contributed by atoms with E-state index in [9.17, 15) is 0 Å². The minimum absolute atomic E-state index is 0.751. The number of nitrogens with one attached hydrogen (secondary N) is 1. The SMILES string of the molecule is COc1cc(Br)cc(Nc2nccn2-c2ccccc2)c1. The molecule has 1 heterocycles. The van der Waals surface area contributed by atoms with Crippen molar-refractivity contribution in [3.05, 3.63) is 65.4 Å². The third kappa shape index (κ3) is 3.08. The molecule has 0 amide bonds. The Labute approximate surface area is 131 Å². The smallest absolute Gasteiger partial charge is 0.212 e. The maximum Gasteiger partial charge on any atom is 0.212 e. The largest absolute Gasteiger partial charge is 0.497 e. The van der Waals surface area contributed by atoms with Gasteiger partial charge in [-0.25, -0.2) is 4.98 Å². The molecule has 0 aliphatic rings. The van der Waals surface area contributed by atoms with Gasteiger partial charge in [-0.2, -0.15) is 0 Å². The van der Waals surface area contributed by atoms with Crippen molar-refractivity contribution in [3.8, 4) is 11.4 Å². The third-order valence-corrected chi connectivity index (χ3v) is 3.50. The van der Waals surface area contributed by atoms with Crippen molar-refractivity contribution in [1.29, 1.82) is 0 Å². The zero-order chi connectivity index (χ0) is 14.7. The molecule has 0 saturated carbocycles. The Morgan fingerprint density at radius 1 is 1.14 bits per heavy atom. The average Bonchev–Trinajstić information content (AvgIpc) is 2.95. The second kappa shape index (κ2) is 6.01. The molecule has 0 atom stereocenters. The van der Waals surface area contributed by atoms with Gasteiger partial charge < -0.3 is 10.1 Å². The normalized spacial score (nSPS) is 10.4. The van der Waals surface area contributed by atoms with Crippen molar-refractivity contribution < 1.29 is 4.74 Å². The summed E-state index contributed by atoms with van der Waals surface area (Å²) in [5.41, 5.74) is 1.96. The third-order valence-electron chi connectivity index (χ3n) is 3.04. The minimum atomic E-state index is 0.751. The van der Waals surface area contributed by atoms with Gasteiger partial charge in [-0.1, -0.05) is 34.1 Å². The fourth-order valence-corrected chi connectivity index (χ4v) is 2.55. The molecule has 1 aromatic heterocycles. The van der Waals surface area contributed by atoms with Crippen molar-refractivity contribution in [1.82, 2.24) is 9.55 Å². The molecule has 0 aliphatic carbocycles. The lowest BCUT2D eigenvalue weighted by molar-refractivity contribution is 0.415. The number of halogens is 1. The standard InChI is InChI=1S/C16H14BrN3O/c1-21-15-10-12(17)9-13(11-15)19-16-18-7-8-20(16)14-5-3-2-4-6-14/h2-11H,1H3,(H,18,19). The van der Waals surface area contributed by atoms with E-state index in [0.29, 0.717) is 0 Å². The number of anilines is 2. The first-order chi connectivity index (χ1) is 10.3. The summed E-state index contributed by atoms with van der Waals surface area (Å²) in [6.45, 7) is 0. The molecule has 0 fully saturated rings. The number of nitrogens with zero attached hydrogens (tertiary/aromatic N) is 2. The molecule has 5 heteroatoms. The van der Waals surface area contributed by atoms with Crippen LogP contribution in [-0.4, -0.2) is 16.7 Å². The maximum absolute atomic E-state index is 5.27. The highest BCUT2D eigenvalue weighted by Gasteiger charge is 2.06. The summed E-state index contributed by atoms with van der Waals surface area (Å²) in [5, 5.41) is 3.31. The molecule has 3 rings (SSSR count). The molecule has 2 aromatic carbocycles. The van der Waals surface area contributed by atoms with Gasteiger partial charge >= 0.3 is 0 Å². The van der Waals surface area contributed by atoms with Crippen molar-refractivity contribution in [2.24, 2.45) is 0 Å². The molecular weight excluding hydrogens is 330 g/mol. The van der Waals surface area contributed by atoms with E-state index < -0.39 is 0 Å². The molecule has 0 bridgehead atoms. The predicted octanol–water partition coefficient (Wildman–Crippen LogP) is 4.39. The number of para-hydroxylation sites is 1. The van der Waals surface area contributed by atoms with E-state index in [1.54, 1.807) is 13.3 Å². The second-order valence-electron chi connectivity index (χ2n) is 4.46. The van der Waals surface area contributed by atoms with Crippen LogP contribution in [0.4, 0.5) is 11.6 Å². The molecule has 106 valence electrons. The van der Waals surface area contributed by atoms with Crippen LogP contribution in [0.2, 0.25) is 0 Å². The Hall–Kier alpha value is -2.27. The van der Waals surface area contributed by atoms with E-state index in [1.807, 2.05) is 59.3 Å². The van der Waals surface area contributed by atoms with Gasteiger partial charge in [0, 0.05) is 34.3 Å². The molecule has 0 spiro atoms. The number of hydrogen-bond donors (Lipinski definition) is 1. The van der Waals surface area contributed by atoms with Crippen LogP contribution < -0.4 is 10.1 Å². The fraction of sp³-hybridized carbons (Fsp3) is 0.0625. The van der Waals surface area contributed by atoms with Crippen LogP contribution in [0.3, 0.4) is 0 Å². The van der Waals surface area contributed by atoms with E-state index in [4.69, 9.17) is 4.74 Å². The first-order valence-corrected chi connectivity index (χ1v) is 7.26. The van der Waals surface area contributed by atoms with E-state index >= 15 is 0 Å². The van der Waals surface area contributed by atoms with Crippen LogP contribution in [0.1, 0.15) is 0 Å². The molecule has 0 unspecified atom stereocenters. The van der Waals surface area contributed by atoms with Crippen LogP contribution in [0.15, 0.2) is 65.4 Å². The van der Waals surface area contributed by atoms with Gasteiger partial charge in [-0.3, -0.25) is 4.57 Å². The van der Waals surface area contributed by atoms with Gasteiger partial charge in [0.1, 0.15) is 5.75 Å². The molecule has 21 heavy (non-hydrogen) atoms. The van der Waals surface area contributed by atoms with E-state index in [-0.39, 0.29) is 0 Å². The van der Waals surface area contributed by atoms with Crippen molar-refractivity contribution in [3.63, 3.8) is 0 Å². The van der Waals surface area contributed by atoms with Crippen LogP contribution in [0.25, 0.3) is 5.69 Å². The van der Waals surface area contributed by atoms with Gasteiger partial charge in [0.15, 0.2) is 0 Å². The summed E-state index contributed by atoms with van der Waals surface area (Å²) in [7, 11) is 1.65. The number of benzene rings is 2. The summed E-state index contributed by atoms with van der Waals surface area (Å²) in [6, 6.07) is 15.9. The molecule has 0 saturated heterocycles. The van der Waals surface area contributed by atoms with E-state index in [0.717, 1.165) is 27.5 Å². The highest BCUT2D eigenvalue weighted by molar-refractivity contribution is 9.10. The molecular formula is C16H14BrN3O. The monoisotopic (exact) mass is 343 g/mol. The van der Waals surface area contributed by atoms with Crippen molar-refractivity contribution in [2.75, 3.05) is 12.4 Å². The number of methoxy groups -OCH3 is 1. The van der Waals surface area contributed by atoms with Crippen molar-refractivity contribution >= 4 is 27.6 Å². The van der Waals surface area contributed by atoms with Gasteiger partial charge in [0.25, 0.3) is 0 Å². The van der Waals surface area contributed by atoms with Gasteiger partial charge in [-0.05, 0) is 24.3 Å². The Morgan fingerprint density at radius 2 is 1.95 bits per heavy atom. The zero-order valence-electron chi connectivity index (χ0n) is 11.5. The highest BCUT2D eigenvalue weighted by atomic mass is 79.9. The van der Waals surface area contributed by atoms with Crippen LogP contribution in [0.5, 0.6) is 5.75 Å². The summed E-state index contributed by atoms with van der Waals surface area (Å²) >= 11 is 3.47. The fourth-order valence-electron chi connectivity index (χ4n) is 2.07. The summed E-state index contributed by atoms with van der Waals surface area (Å²) in [5.74, 6) is 1.53. The Bertz CT molecular complexity index is 740. The number of imidazole rings is 1. The van der Waals surface area contributed by atoms with Crippen LogP contribution in [-0.2, 0) is 0 Å². The molecule has 0 radical (unpaired) electrons. The van der Waals surface area contributed by atoms with E-state index in [1.165, 1.54) is 0 Å². The summed E-state index contributed by atoms with van der Waals surface area (Å²) < 4.78 is 8.21. The Balaban J connectivity index is 1.93. The van der Waals surface area contributed by atoms with Crippen molar-refractivity contribution in [2.45, 2.75) is 0 Å². The van der Waals surface area contributed by atoms with E-state index in [2.05, 4.69) is 26.2 Å². The summed E-state index contributed by atoms with van der Waals surface area (Å²) in [4.78, 5) is 4.37. The number of ether oxygens (including phenoxy) is 1. The lowest BCUT2D eigenvalue weighted by Crippen LogP contribution is -2.01. The molecule has 4 nitrogen and oxygen atoms in total. The quantitative estimate of drug-likeness (QED) is 0.763. The first-order valence-electron chi connectivity index (χ1n) is 6.46. The Kier molecular flexibility index (Phi) is 3.92. The first kappa shape index (κ1) is 13.7. The minimum Gasteiger partial charge on any atom is -0.497 e. The van der Waals surface area contributed by atoms with Crippen LogP contribution >= 0.6 is 15.9 Å². The second-order valence-corrected chi connectivity index (χ2v) is 5.38. The number of hydrogen-bond acceptors (Lipinski definition) is 3. The van der Waals surface area contributed by atoms with Gasteiger partial charge in [-0.15, -0.1) is 0 Å². The molecule has 1 N–H and O–H groups in total. The topological polar surface area (TPSA) is 39.1 Å². The Morgan fingerprint density at radius 3 is 2.71 bits per heavy atom. The highest BCUT2D eigenvalue weighted by Crippen LogP contribution is 2.27. The molecule has 0 aliphatic heterocycles. The van der Waals surface area contributed by atoms with Gasteiger partial charge in [0.05, 0.1) is 7.11 Å². The number of aromatic nitrogens is 2. The lowest BCUT2D eigenvalue weighted by Gasteiger charge is -2.11. The van der Waals surface area contributed by atoms with Gasteiger partial charge in [0.2, 0.25) is 5.95 Å². The zero-order valence-corrected chi connectivity index (χ0v) is 13.0. The summed E-state index contributed by atoms with van der Waals surface area (Å²) in [6.07, 6.45) is 3.69. The predicted molar refractivity (Wildman–Crippen MR) is 87.5 cm³/mol. The lowest BCUT2D eigenvalue weighted by atomic mass is 10.3. The van der Waals surface area contributed by atoms with Crippen LogP contribution in [0, 0.1) is 0 Å². The average molecular weight is 344 g/mol. The molecule has 3 aromatic rings. The maximum atomic E-state index is 5.27. The number of rotatable bonds is 4.